The van der Waals surface area contributed by atoms with E-state index in [0.29, 0.717) is 11.7 Å². The summed E-state index contributed by atoms with van der Waals surface area (Å²) in [5.41, 5.74) is 0. The van der Waals surface area contributed by atoms with E-state index in [1.807, 2.05) is 37.3 Å². The molecule has 1 saturated carbocycles. The Morgan fingerprint density at radius 1 is 1.16 bits per heavy atom. The lowest BCUT2D eigenvalue weighted by Gasteiger charge is -2.21. The van der Waals surface area contributed by atoms with Crippen molar-refractivity contribution in [2.75, 3.05) is 0 Å². The quantitative estimate of drug-likeness (QED) is 0.560. The SMILES string of the molecule is CC#Cc1ccc(-c2ccc(C(=O)[C@@H]3CC[C@@H]4C=C(O)C=C[C@H]43)s2)s1. The van der Waals surface area contributed by atoms with Crippen LogP contribution in [0.2, 0.25) is 0 Å². The highest BCUT2D eigenvalue weighted by Crippen LogP contribution is 2.44. The predicted octanol–water partition coefficient (Wildman–Crippen LogP) is 5.68. The number of ketones is 1. The molecule has 0 amide bonds. The van der Waals surface area contributed by atoms with E-state index in [-0.39, 0.29) is 17.6 Å². The Kier molecular flexibility index (Phi) is 4.37. The molecular weight excluding hydrogens is 348 g/mol. The second kappa shape index (κ2) is 6.67. The molecular formula is C21H18O2S2. The van der Waals surface area contributed by atoms with Gasteiger partial charge in [0.2, 0.25) is 0 Å². The van der Waals surface area contributed by atoms with E-state index < -0.39 is 0 Å². The molecule has 2 aliphatic rings. The van der Waals surface area contributed by atoms with Gasteiger partial charge in [0.15, 0.2) is 5.78 Å². The Bertz CT molecular complexity index is 932. The lowest BCUT2D eigenvalue weighted by atomic mass is 9.83. The van der Waals surface area contributed by atoms with Gasteiger partial charge in [-0.2, -0.15) is 0 Å². The van der Waals surface area contributed by atoms with E-state index in [9.17, 15) is 9.90 Å². The molecule has 0 spiro atoms. The summed E-state index contributed by atoms with van der Waals surface area (Å²) >= 11 is 3.24. The molecule has 0 unspecified atom stereocenters. The maximum absolute atomic E-state index is 13.0. The second-order valence-corrected chi connectivity index (χ2v) is 8.61. The predicted molar refractivity (Wildman–Crippen MR) is 104 cm³/mol. The number of hydrogen-bond acceptors (Lipinski definition) is 4. The van der Waals surface area contributed by atoms with Crippen molar-refractivity contribution in [3.63, 3.8) is 0 Å². The molecule has 4 rings (SSSR count). The van der Waals surface area contributed by atoms with E-state index >= 15 is 0 Å². The Balaban J connectivity index is 1.54. The zero-order chi connectivity index (χ0) is 17.4. The van der Waals surface area contributed by atoms with Crippen LogP contribution in [0.3, 0.4) is 0 Å². The van der Waals surface area contributed by atoms with Crippen molar-refractivity contribution in [3.05, 3.63) is 58.0 Å². The Morgan fingerprint density at radius 2 is 1.96 bits per heavy atom. The highest BCUT2D eigenvalue weighted by molar-refractivity contribution is 7.23. The maximum atomic E-state index is 13.0. The third kappa shape index (κ3) is 3.10. The number of carbonyl (C=O) groups excluding carboxylic acids is 1. The van der Waals surface area contributed by atoms with Crippen LogP contribution in [0.15, 0.2) is 48.3 Å². The summed E-state index contributed by atoms with van der Waals surface area (Å²) in [6, 6.07) is 8.11. The lowest BCUT2D eigenvalue weighted by Crippen LogP contribution is -2.21. The Labute approximate surface area is 155 Å². The first-order valence-electron chi connectivity index (χ1n) is 8.41. The number of thiophene rings is 2. The van der Waals surface area contributed by atoms with Crippen molar-refractivity contribution in [3.8, 4) is 21.6 Å². The molecule has 0 saturated heterocycles. The molecule has 2 aromatic heterocycles. The minimum atomic E-state index is 0.0296. The molecule has 1 fully saturated rings. The Hall–Kier alpha value is -2.09. The van der Waals surface area contributed by atoms with Crippen molar-refractivity contribution < 1.29 is 9.90 Å². The molecule has 0 aromatic carbocycles. The first-order valence-corrected chi connectivity index (χ1v) is 10.0. The number of rotatable bonds is 3. The van der Waals surface area contributed by atoms with Crippen LogP contribution in [-0.4, -0.2) is 10.9 Å². The molecule has 3 atom stereocenters. The van der Waals surface area contributed by atoms with Crippen molar-refractivity contribution in [2.45, 2.75) is 19.8 Å². The van der Waals surface area contributed by atoms with E-state index in [2.05, 4.69) is 17.9 Å². The first-order chi connectivity index (χ1) is 12.2. The number of hydrogen-bond donors (Lipinski definition) is 1. The zero-order valence-corrected chi connectivity index (χ0v) is 15.5. The second-order valence-electron chi connectivity index (χ2n) is 6.44. The van der Waals surface area contributed by atoms with Gasteiger partial charge in [-0.3, -0.25) is 4.79 Å². The summed E-state index contributed by atoms with van der Waals surface area (Å²) in [5.74, 6) is 7.12. The number of allylic oxidation sites excluding steroid dienone is 3. The molecule has 126 valence electrons. The minimum Gasteiger partial charge on any atom is -0.508 e. The smallest absolute Gasteiger partial charge is 0.176 e. The van der Waals surface area contributed by atoms with Crippen LogP contribution >= 0.6 is 22.7 Å². The number of Topliss-reactive ketones (excluding diaryl/α,β-unsaturated/α-hetero) is 1. The van der Waals surface area contributed by atoms with E-state index in [1.54, 1.807) is 28.7 Å². The summed E-state index contributed by atoms with van der Waals surface area (Å²) in [7, 11) is 0. The summed E-state index contributed by atoms with van der Waals surface area (Å²) in [6.45, 7) is 1.84. The van der Waals surface area contributed by atoms with Gasteiger partial charge in [0.1, 0.15) is 5.76 Å². The number of aliphatic hydroxyl groups excluding tert-OH is 1. The standard InChI is InChI=1S/C21H18O2S2/c1-2-3-15-6-9-18(24-15)19-10-11-20(25-19)21(23)17-7-4-13-12-14(22)5-8-16(13)17/h5-6,8-13,16-17,22H,4,7H2,1H3/t13-,16-,17-/m1/s1. The van der Waals surface area contributed by atoms with Crippen molar-refractivity contribution in [1.82, 2.24) is 0 Å². The minimum absolute atomic E-state index is 0.0296. The highest BCUT2D eigenvalue weighted by Gasteiger charge is 2.39. The van der Waals surface area contributed by atoms with Gasteiger partial charge in [0.05, 0.1) is 9.75 Å². The topological polar surface area (TPSA) is 37.3 Å². The van der Waals surface area contributed by atoms with Gasteiger partial charge in [0.25, 0.3) is 0 Å². The van der Waals surface area contributed by atoms with Crippen LogP contribution in [0.5, 0.6) is 0 Å². The summed E-state index contributed by atoms with van der Waals surface area (Å²) in [5, 5.41) is 9.65. The van der Waals surface area contributed by atoms with Gasteiger partial charge >= 0.3 is 0 Å². The molecule has 2 aromatic rings. The maximum Gasteiger partial charge on any atom is 0.176 e. The average Bonchev–Trinajstić information content (AvgIpc) is 3.33. The summed E-state index contributed by atoms with van der Waals surface area (Å²) in [4.78, 5) is 17.2. The monoisotopic (exact) mass is 366 g/mol. The number of aliphatic hydroxyl groups is 1. The fraction of sp³-hybridized carbons (Fsp3) is 0.286. The zero-order valence-electron chi connectivity index (χ0n) is 13.9. The molecule has 0 aliphatic heterocycles. The van der Waals surface area contributed by atoms with Gasteiger partial charge in [-0.25, -0.2) is 0 Å². The number of fused-ring (bicyclic) bond motifs is 1. The largest absolute Gasteiger partial charge is 0.508 e. The van der Waals surface area contributed by atoms with Gasteiger partial charge in [-0.15, -0.1) is 28.6 Å². The van der Waals surface area contributed by atoms with Gasteiger partial charge in [-0.1, -0.05) is 12.0 Å². The fourth-order valence-electron chi connectivity index (χ4n) is 3.76. The lowest BCUT2D eigenvalue weighted by molar-refractivity contribution is 0.0904. The summed E-state index contributed by atoms with van der Waals surface area (Å²) < 4.78 is 0. The molecule has 4 heteroatoms. The third-order valence-electron chi connectivity index (χ3n) is 4.93. The molecule has 2 aliphatic carbocycles. The van der Waals surface area contributed by atoms with Crippen LogP contribution in [0.25, 0.3) is 9.75 Å². The van der Waals surface area contributed by atoms with Gasteiger partial charge in [-0.05, 0) is 68.0 Å². The van der Waals surface area contributed by atoms with Crippen molar-refractivity contribution in [1.29, 1.82) is 0 Å². The highest BCUT2D eigenvalue weighted by atomic mass is 32.1. The van der Waals surface area contributed by atoms with Crippen LogP contribution in [-0.2, 0) is 0 Å². The summed E-state index contributed by atoms with van der Waals surface area (Å²) in [6.07, 6.45) is 7.51. The normalized spacial score (nSPS) is 24.4. The molecule has 25 heavy (non-hydrogen) atoms. The van der Waals surface area contributed by atoms with Crippen LogP contribution in [0, 0.1) is 29.6 Å². The van der Waals surface area contributed by atoms with Gasteiger partial charge in [0, 0.05) is 15.7 Å². The van der Waals surface area contributed by atoms with Crippen molar-refractivity contribution in [2.24, 2.45) is 17.8 Å². The average molecular weight is 367 g/mol. The van der Waals surface area contributed by atoms with Crippen LogP contribution in [0.4, 0.5) is 0 Å². The van der Waals surface area contributed by atoms with E-state index in [0.717, 1.165) is 32.4 Å². The van der Waals surface area contributed by atoms with Crippen LogP contribution in [0.1, 0.15) is 34.3 Å². The van der Waals surface area contributed by atoms with E-state index in [1.165, 1.54) is 0 Å². The van der Waals surface area contributed by atoms with Gasteiger partial charge < -0.3 is 5.11 Å². The number of carbonyl (C=O) groups is 1. The van der Waals surface area contributed by atoms with Crippen LogP contribution < -0.4 is 0 Å². The molecule has 2 heterocycles. The fourth-order valence-corrected chi connectivity index (χ4v) is 5.77. The van der Waals surface area contributed by atoms with E-state index in [4.69, 9.17) is 0 Å². The molecule has 2 nitrogen and oxygen atoms in total. The first kappa shape index (κ1) is 16.4. The van der Waals surface area contributed by atoms with Crippen molar-refractivity contribution >= 4 is 28.5 Å². The third-order valence-corrected chi connectivity index (χ3v) is 7.22. The molecule has 0 radical (unpaired) electrons. The Morgan fingerprint density at radius 3 is 2.80 bits per heavy atom. The molecule has 0 bridgehead atoms. The molecule has 1 N–H and O–H groups in total.